The normalized spacial score (nSPS) is 10.4. The number of rotatable bonds is 3. The Morgan fingerprint density at radius 3 is 2.44 bits per heavy atom. The van der Waals surface area contributed by atoms with E-state index >= 15 is 0 Å². The van der Waals surface area contributed by atoms with Gasteiger partial charge in [0.1, 0.15) is 0 Å². The molecule has 1 aromatic carbocycles. The minimum atomic E-state index is 0.291. The molecule has 84 valence electrons. The maximum Gasteiger partial charge on any atom is 0.257 e. The van der Waals surface area contributed by atoms with Gasteiger partial charge in [-0.1, -0.05) is 5.16 Å². The predicted octanol–water partition coefficient (Wildman–Crippen LogP) is 1.26. The highest BCUT2D eigenvalue weighted by atomic mass is 16.5. The lowest BCUT2D eigenvalue weighted by molar-refractivity contribution is 0.423. The lowest BCUT2D eigenvalue weighted by Crippen LogP contribution is -2.07. The number of aromatic nitrogens is 2. The van der Waals surface area contributed by atoms with Crippen LogP contribution in [0.2, 0.25) is 0 Å². The molecule has 0 fully saturated rings. The first kappa shape index (κ1) is 10.6. The summed E-state index contributed by atoms with van der Waals surface area (Å²) in [6, 6.07) is 7.90. The Labute approximate surface area is 93.9 Å². The van der Waals surface area contributed by atoms with Gasteiger partial charge in [0.25, 0.3) is 5.89 Å². The molecule has 0 saturated heterocycles. The summed E-state index contributed by atoms with van der Waals surface area (Å²) < 4.78 is 5.09. The van der Waals surface area contributed by atoms with Crippen molar-refractivity contribution >= 4 is 5.69 Å². The fourth-order valence-corrected chi connectivity index (χ4v) is 1.36. The lowest BCUT2D eigenvalue weighted by atomic mass is 10.2. The summed E-state index contributed by atoms with van der Waals surface area (Å²) in [4.78, 5) is 6.19. The third kappa shape index (κ3) is 2.04. The van der Waals surface area contributed by atoms with Crippen LogP contribution in [0.25, 0.3) is 11.5 Å². The molecule has 0 unspecified atom stereocenters. The minimum Gasteiger partial charge on any atom is -0.378 e. The van der Waals surface area contributed by atoms with Crippen LogP contribution in [0.15, 0.2) is 28.8 Å². The number of hydrogen-bond donors (Lipinski definition) is 1. The highest BCUT2D eigenvalue weighted by Crippen LogP contribution is 2.20. The molecule has 5 nitrogen and oxygen atoms in total. The molecule has 5 heteroatoms. The monoisotopic (exact) mass is 218 g/mol. The van der Waals surface area contributed by atoms with Crippen molar-refractivity contribution in [2.45, 2.75) is 6.54 Å². The Bertz CT molecular complexity index is 461. The second-order valence-corrected chi connectivity index (χ2v) is 3.66. The van der Waals surface area contributed by atoms with Gasteiger partial charge in [-0.2, -0.15) is 4.98 Å². The van der Waals surface area contributed by atoms with Gasteiger partial charge in [0, 0.05) is 25.3 Å². The highest BCUT2D eigenvalue weighted by Gasteiger charge is 2.07. The van der Waals surface area contributed by atoms with Crippen LogP contribution in [-0.2, 0) is 6.54 Å². The van der Waals surface area contributed by atoms with Crippen LogP contribution in [0.1, 0.15) is 5.82 Å². The van der Waals surface area contributed by atoms with E-state index in [9.17, 15) is 0 Å². The van der Waals surface area contributed by atoms with E-state index in [1.807, 2.05) is 43.3 Å². The van der Waals surface area contributed by atoms with Gasteiger partial charge < -0.3 is 15.2 Å². The molecular weight excluding hydrogens is 204 g/mol. The zero-order valence-corrected chi connectivity index (χ0v) is 9.34. The Morgan fingerprint density at radius 2 is 1.94 bits per heavy atom. The molecule has 0 bridgehead atoms. The second-order valence-electron chi connectivity index (χ2n) is 3.66. The van der Waals surface area contributed by atoms with Gasteiger partial charge in [-0.05, 0) is 24.3 Å². The van der Waals surface area contributed by atoms with Crippen molar-refractivity contribution in [3.8, 4) is 11.5 Å². The van der Waals surface area contributed by atoms with Gasteiger partial charge in [-0.15, -0.1) is 0 Å². The zero-order valence-electron chi connectivity index (χ0n) is 9.34. The molecule has 0 aliphatic heterocycles. The average molecular weight is 218 g/mol. The zero-order chi connectivity index (χ0) is 11.5. The Balaban J connectivity index is 2.27. The van der Waals surface area contributed by atoms with Gasteiger partial charge >= 0.3 is 0 Å². The lowest BCUT2D eigenvalue weighted by Gasteiger charge is -2.11. The van der Waals surface area contributed by atoms with Gasteiger partial charge in [0.2, 0.25) is 0 Å². The molecule has 16 heavy (non-hydrogen) atoms. The van der Waals surface area contributed by atoms with Crippen LogP contribution in [0.3, 0.4) is 0 Å². The van der Waals surface area contributed by atoms with Crippen molar-refractivity contribution < 1.29 is 4.52 Å². The molecule has 2 rings (SSSR count). The van der Waals surface area contributed by atoms with E-state index in [0.717, 1.165) is 11.3 Å². The van der Waals surface area contributed by atoms with E-state index in [-0.39, 0.29) is 0 Å². The van der Waals surface area contributed by atoms with Crippen LogP contribution < -0.4 is 10.6 Å². The molecule has 2 N–H and O–H groups in total. The fourth-order valence-electron chi connectivity index (χ4n) is 1.36. The third-order valence-electron chi connectivity index (χ3n) is 2.28. The molecule has 1 heterocycles. The molecular formula is C11H14N4O. The standard InChI is InChI=1S/C11H14N4O/c1-15(2)9-5-3-8(4-6-9)11-13-10(7-12)14-16-11/h3-6H,7,12H2,1-2H3. The van der Waals surface area contributed by atoms with Crippen LogP contribution >= 0.6 is 0 Å². The SMILES string of the molecule is CN(C)c1ccc(-c2nc(CN)no2)cc1. The molecule has 0 saturated carbocycles. The summed E-state index contributed by atoms with van der Waals surface area (Å²) in [6.07, 6.45) is 0. The van der Waals surface area contributed by atoms with Gasteiger partial charge in [0.15, 0.2) is 5.82 Å². The number of nitrogens with two attached hydrogens (primary N) is 1. The predicted molar refractivity (Wildman–Crippen MR) is 62.0 cm³/mol. The molecule has 0 amide bonds. The van der Waals surface area contributed by atoms with E-state index < -0.39 is 0 Å². The summed E-state index contributed by atoms with van der Waals surface area (Å²) >= 11 is 0. The number of nitrogens with zero attached hydrogens (tertiary/aromatic N) is 3. The Morgan fingerprint density at radius 1 is 1.25 bits per heavy atom. The van der Waals surface area contributed by atoms with Gasteiger partial charge in [-0.25, -0.2) is 0 Å². The van der Waals surface area contributed by atoms with Crippen molar-refractivity contribution in [3.05, 3.63) is 30.1 Å². The van der Waals surface area contributed by atoms with Crippen molar-refractivity contribution in [2.24, 2.45) is 5.73 Å². The maximum atomic E-state index is 5.41. The van der Waals surface area contributed by atoms with Crippen LogP contribution in [-0.4, -0.2) is 24.2 Å². The van der Waals surface area contributed by atoms with Crippen molar-refractivity contribution in [3.63, 3.8) is 0 Å². The highest BCUT2D eigenvalue weighted by molar-refractivity contribution is 5.58. The van der Waals surface area contributed by atoms with E-state index in [0.29, 0.717) is 18.3 Å². The molecule has 0 atom stereocenters. The van der Waals surface area contributed by atoms with Crippen molar-refractivity contribution in [1.82, 2.24) is 10.1 Å². The molecule has 2 aromatic rings. The number of anilines is 1. The van der Waals surface area contributed by atoms with Crippen LogP contribution in [0.5, 0.6) is 0 Å². The first-order chi connectivity index (χ1) is 7.70. The summed E-state index contributed by atoms with van der Waals surface area (Å²) in [5, 5.41) is 3.75. The summed E-state index contributed by atoms with van der Waals surface area (Å²) in [5.41, 5.74) is 7.44. The van der Waals surface area contributed by atoms with Gasteiger partial charge in [-0.3, -0.25) is 0 Å². The first-order valence-corrected chi connectivity index (χ1v) is 5.01. The number of benzene rings is 1. The summed E-state index contributed by atoms with van der Waals surface area (Å²) in [5.74, 6) is 1.03. The van der Waals surface area contributed by atoms with E-state index in [1.165, 1.54) is 0 Å². The van der Waals surface area contributed by atoms with E-state index in [2.05, 4.69) is 10.1 Å². The Hall–Kier alpha value is -1.88. The summed E-state index contributed by atoms with van der Waals surface area (Å²) in [7, 11) is 3.99. The topological polar surface area (TPSA) is 68.2 Å². The van der Waals surface area contributed by atoms with Crippen LogP contribution in [0.4, 0.5) is 5.69 Å². The quantitative estimate of drug-likeness (QED) is 0.840. The van der Waals surface area contributed by atoms with E-state index in [1.54, 1.807) is 0 Å². The van der Waals surface area contributed by atoms with Crippen molar-refractivity contribution in [2.75, 3.05) is 19.0 Å². The largest absolute Gasteiger partial charge is 0.378 e. The van der Waals surface area contributed by atoms with Gasteiger partial charge in [0.05, 0.1) is 6.54 Å². The second kappa shape index (κ2) is 4.32. The molecule has 0 aliphatic carbocycles. The molecule has 1 aromatic heterocycles. The van der Waals surface area contributed by atoms with E-state index in [4.69, 9.17) is 10.3 Å². The third-order valence-corrected chi connectivity index (χ3v) is 2.28. The molecule has 0 spiro atoms. The first-order valence-electron chi connectivity index (χ1n) is 5.01. The molecule has 0 aliphatic rings. The molecule has 0 radical (unpaired) electrons. The average Bonchev–Trinajstić information content (AvgIpc) is 2.77. The van der Waals surface area contributed by atoms with Crippen LogP contribution in [0, 0.1) is 0 Å². The maximum absolute atomic E-state index is 5.41. The fraction of sp³-hybridized carbons (Fsp3) is 0.273. The Kier molecular flexibility index (Phi) is 2.87. The smallest absolute Gasteiger partial charge is 0.257 e. The number of hydrogen-bond acceptors (Lipinski definition) is 5. The van der Waals surface area contributed by atoms with Crippen molar-refractivity contribution in [1.29, 1.82) is 0 Å². The summed E-state index contributed by atoms with van der Waals surface area (Å²) in [6.45, 7) is 0.291. The minimum absolute atomic E-state index is 0.291.